The van der Waals surface area contributed by atoms with Crippen LogP contribution in [0.3, 0.4) is 0 Å². The number of alkyl halides is 6. The summed E-state index contributed by atoms with van der Waals surface area (Å²) in [5.41, 5.74) is 1.65. The number of benzene rings is 2. The van der Waals surface area contributed by atoms with E-state index in [9.17, 15) is 30.7 Å². The number of ether oxygens (including phenoxy) is 1. The first-order chi connectivity index (χ1) is 12.5. The molecule has 3 nitrogen and oxygen atoms in total. The van der Waals surface area contributed by atoms with Gasteiger partial charge in [0, 0.05) is 18.2 Å². The Morgan fingerprint density at radius 2 is 1.70 bits per heavy atom. The van der Waals surface area contributed by atoms with Gasteiger partial charge in [0.1, 0.15) is 11.9 Å². The van der Waals surface area contributed by atoms with Crippen LogP contribution in [0.25, 0.3) is 11.1 Å². The van der Waals surface area contributed by atoms with Gasteiger partial charge < -0.3 is 15.8 Å². The van der Waals surface area contributed by atoms with Crippen molar-refractivity contribution >= 4 is 5.69 Å². The fourth-order valence-corrected chi connectivity index (χ4v) is 2.81. The highest BCUT2D eigenvalue weighted by Crippen LogP contribution is 2.46. The van der Waals surface area contributed by atoms with E-state index in [1.54, 1.807) is 0 Å². The molecule has 1 aliphatic rings. The van der Waals surface area contributed by atoms with E-state index in [0.29, 0.717) is 24.3 Å². The fraction of sp³-hybridized carbons (Fsp3) is 0.294. The molecule has 3 rings (SSSR count). The van der Waals surface area contributed by atoms with Crippen LogP contribution in [0.15, 0.2) is 30.3 Å². The SMILES string of the molecule is NC[C@@H]1CNc2cc(F)cc(-c3cc(C(F)(F)F)ccc3C(F)(F)F)c2O1. The number of halogens is 7. The van der Waals surface area contributed by atoms with E-state index in [4.69, 9.17) is 10.5 Å². The van der Waals surface area contributed by atoms with Crippen molar-refractivity contribution < 1.29 is 35.5 Å². The van der Waals surface area contributed by atoms with E-state index in [1.807, 2.05) is 0 Å². The van der Waals surface area contributed by atoms with Crippen LogP contribution >= 0.6 is 0 Å². The third-order valence-electron chi connectivity index (χ3n) is 4.06. The van der Waals surface area contributed by atoms with Crippen molar-refractivity contribution in [1.82, 2.24) is 0 Å². The molecule has 0 radical (unpaired) electrons. The number of anilines is 1. The van der Waals surface area contributed by atoms with E-state index in [2.05, 4.69) is 5.32 Å². The number of rotatable bonds is 2. The Hall–Kier alpha value is -2.49. The molecule has 27 heavy (non-hydrogen) atoms. The molecule has 0 aromatic heterocycles. The second-order valence-electron chi connectivity index (χ2n) is 5.94. The average molecular weight is 394 g/mol. The first-order valence-electron chi connectivity index (χ1n) is 7.73. The van der Waals surface area contributed by atoms with Crippen LogP contribution in [0, 0.1) is 5.82 Å². The number of fused-ring (bicyclic) bond motifs is 1. The molecule has 1 heterocycles. The second kappa shape index (κ2) is 6.59. The normalized spacial score (nSPS) is 17.1. The van der Waals surface area contributed by atoms with Gasteiger partial charge in [-0.05, 0) is 29.8 Å². The zero-order valence-electron chi connectivity index (χ0n) is 13.5. The van der Waals surface area contributed by atoms with Crippen molar-refractivity contribution in [2.24, 2.45) is 5.73 Å². The monoisotopic (exact) mass is 394 g/mol. The van der Waals surface area contributed by atoms with Crippen molar-refractivity contribution in [1.29, 1.82) is 0 Å². The van der Waals surface area contributed by atoms with Gasteiger partial charge in [0.05, 0.1) is 23.4 Å². The van der Waals surface area contributed by atoms with Crippen LogP contribution in [0.5, 0.6) is 5.75 Å². The summed E-state index contributed by atoms with van der Waals surface area (Å²) >= 11 is 0. The molecule has 0 bridgehead atoms. The summed E-state index contributed by atoms with van der Waals surface area (Å²) in [6.45, 7) is 0.194. The van der Waals surface area contributed by atoms with Crippen molar-refractivity contribution in [3.63, 3.8) is 0 Å². The molecule has 0 saturated heterocycles. The van der Waals surface area contributed by atoms with Gasteiger partial charge in [0.2, 0.25) is 0 Å². The predicted octanol–water partition coefficient (Wildman–Crippen LogP) is 4.66. The van der Waals surface area contributed by atoms with Crippen molar-refractivity contribution in [3.8, 4) is 16.9 Å². The molecule has 0 unspecified atom stereocenters. The summed E-state index contributed by atoms with van der Waals surface area (Å²) in [4.78, 5) is 0. The molecule has 0 aliphatic carbocycles. The maximum absolute atomic E-state index is 14.0. The van der Waals surface area contributed by atoms with Gasteiger partial charge in [0.25, 0.3) is 0 Å². The lowest BCUT2D eigenvalue weighted by molar-refractivity contribution is -0.141. The first kappa shape index (κ1) is 19.3. The zero-order valence-corrected chi connectivity index (χ0v) is 13.5. The minimum atomic E-state index is -4.95. The average Bonchev–Trinajstić information content (AvgIpc) is 2.58. The lowest BCUT2D eigenvalue weighted by Crippen LogP contribution is -2.37. The van der Waals surface area contributed by atoms with E-state index >= 15 is 0 Å². The maximum atomic E-state index is 14.0. The van der Waals surface area contributed by atoms with Crippen LogP contribution in [-0.4, -0.2) is 19.2 Å². The summed E-state index contributed by atoms with van der Waals surface area (Å²) < 4.78 is 98.7. The quantitative estimate of drug-likeness (QED) is 0.729. The van der Waals surface area contributed by atoms with Crippen molar-refractivity contribution in [2.75, 3.05) is 18.4 Å². The second-order valence-corrected chi connectivity index (χ2v) is 5.94. The number of nitrogens with two attached hydrogens (primary N) is 1. The molecule has 146 valence electrons. The summed E-state index contributed by atoms with van der Waals surface area (Å²) in [6, 6.07) is 2.70. The lowest BCUT2D eigenvalue weighted by Gasteiger charge is -2.29. The predicted molar refractivity (Wildman–Crippen MR) is 83.8 cm³/mol. The summed E-state index contributed by atoms with van der Waals surface area (Å²) in [5.74, 6) is -1.10. The lowest BCUT2D eigenvalue weighted by atomic mass is 9.94. The minimum absolute atomic E-state index is 0.0119. The Balaban J connectivity index is 2.28. The van der Waals surface area contributed by atoms with Gasteiger partial charge in [-0.3, -0.25) is 0 Å². The molecule has 0 fully saturated rings. The molecule has 10 heteroatoms. The molecule has 2 aromatic carbocycles. The molecular formula is C17H13F7N2O. The standard InChI is InChI=1S/C17H13F7N2O/c18-9-4-12(15-14(5-9)26-7-10(6-25)27-15)11-3-8(16(19,20)21)1-2-13(11)17(22,23)24/h1-5,10,26H,6-7,25H2/t10-/m1/s1. The first-order valence-corrected chi connectivity index (χ1v) is 7.73. The summed E-state index contributed by atoms with van der Waals surface area (Å²) in [6.07, 6.45) is -10.4. The van der Waals surface area contributed by atoms with Crippen molar-refractivity contribution in [3.05, 3.63) is 47.3 Å². The van der Waals surface area contributed by atoms with E-state index < -0.39 is 46.5 Å². The molecule has 0 saturated carbocycles. The molecular weight excluding hydrogens is 381 g/mol. The Bertz CT molecular complexity index is 862. The Morgan fingerprint density at radius 3 is 2.30 bits per heavy atom. The Morgan fingerprint density at radius 1 is 1.00 bits per heavy atom. The molecule has 3 N–H and O–H groups in total. The highest BCUT2D eigenvalue weighted by atomic mass is 19.4. The number of nitrogens with one attached hydrogen (secondary N) is 1. The Kier molecular flexibility index (Phi) is 4.71. The third kappa shape index (κ3) is 3.80. The zero-order chi connectivity index (χ0) is 20.0. The van der Waals surface area contributed by atoms with Crippen molar-refractivity contribution in [2.45, 2.75) is 18.5 Å². The van der Waals surface area contributed by atoms with Gasteiger partial charge in [-0.15, -0.1) is 0 Å². The molecule has 0 amide bonds. The number of hydrogen-bond donors (Lipinski definition) is 2. The summed E-state index contributed by atoms with van der Waals surface area (Å²) in [5, 5.41) is 2.77. The largest absolute Gasteiger partial charge is 0.484 e. The maximum Gasteiger partial charge on any atom is 0.417 e. The van der Waals surface area contributed by atoms with Crippen LogP contribution in [0.2, 0.25) is 0 Å². The van der Waals surface area contributed by atoms with E-state index in [0.717, 1.165) is 6.07 Å². The highest BCUT2D eigenvalue weighted by molar-refractivity contribution is 5.81. The number of hydrogen-bond acceptors (Lipinski definition) is 3. The minimum Gasteiger partial charge on any atom is -0.484 e. The topological polar surface area (TPSA) is 47.3 Å². The molecule has 1 atom stereocenters. The van der Waals surface area contributed by atoms with E-state index in [-0.39, 0.29) is 24.5 Å². The van der Waals surface area contributed by atoms with Gasteiger partial charge in [-0.25, -0.2) is 4.39 Å². The third-order valence-corrected chi connectivity index (χ3v) is 4.06. The van der Waals surface area contributed by atoms with E-state index in [1.165, 1.54) is 0 Å². The highest BCUT2D eigenvalue weighted by Gasteiger charge is 2.38. The molecule has 2 aromatic rings. The molecule has 0 spiro atoms. The fourth-order valence-electron chi connectivity index (χ4n) is 2.81. The van der Waals surface area contributed by atoms with Gasteiger partial charge in [-0.1, -0.05) is 0 Å². The van der Waals surface area contributed by atoms with Crippen LogP contribution < -0.4 is 15.8 Å². The van der Waals surface area contributed by atoms with Gasteiger partial charge >= 0.3 is 12.4 Å². The summed E-state index contributed by atoms with van der Waals surface area (Å²) in [7, 11) is 0. The van der Waals surface area contributed by atoms with Gasteiger partial charge in [0.15, 0.2) is 5.75 Å². The molecule has 1 aliphatic heterocycles. The Labute approximate surface area is 148 Å². The van der Waals surface area contributed by atoms with Crippen LogP contribution in [0.1, 0.15) is 11.1 Å². The smallest absolute Gasteiger partial charge is 0.417 e. The van der Waals surface area contributed by atoms with Crippen LogP contribution in [-0.2, 0) is 12.4 Å². The van der Waals surface area contributed by atoms with Crippen LogP contribution in [0.4, 0.5) is 36.4 Å². The van der Waals surface area contributed by atoms with Gasteiger partial charge in [-0.2, -0.15) is 26.3 Å².